The van der Waals surface area contributed by atoms with Crippen molar-refractivity contribution in [2.24, 2.45) is 11.7 Å². The molecule has 3 heteroatoms. The molecule has 1 fully saturated rings. The lowest BCUT2D eigenvalue weighted by molar-refractivity contribution is 0.597. The molecular formula is C11H13Cl2N. The van der Waals surface area contributed by atoms with Crippen LogP contribution in [0.25, 0.3) is 0 Å². The molecule has 1 aliphatic rings. The minimum atomic E-state index is 0.0821. The molecule has 0 heterocycles. The summed E-state index contributed by atoms with van der Waals surface area (Å²) in [6.07, 6.45) is 3.70. The van der Waals surface area contributed by atoms with E-state index < -0.39 is 0 Å². The Morgan fingerprint density at radius 1 is 1.21 bits per heavy atom. The highest BCUT2D eigenvalue weighted by atomic mass is 35.5. The van der Waals surface area contributed by atoms with Crippen molar-refractivity contribution in [3.05, 3.63) is 33.8 Å². The lowest BCUT2D eigenvalue weighted by atomic mass is 10.0. The second-order valence-electron chi connectivity index (χ2n) is 3.99. The van der Waals surface area contributed by atoms with E-state index in [9.17, 15) is 0 Å². The minimum absolute atomic E-state index is 0.0821. The van der Waals surface area contributed by atoms with Crippen LogP contribution in [0.5, 0.6) is 0 Å². The second kappa shape index (κ2) is 4.09. The van der Waals surface area contributed by atoms with Gasteiger partial charge in [-0.25, -0.2) is 0 Å². The topological polar surface area (TPSA) is 26.0 Å². The predicted octanol–water partition coefficient (Wildman–Crippen LogP) is 3.79. The quantitative estimate of drug-likeness (QED) is 0.839. The Morgan fingerprint density at radius 2 is 1.79 bits per heavy atom. The first kappa shape index (κ1) is 10.3. The number of rotatable bonds is 3. The lowest BCUT2D eigenvalue weighted by Gasteiger charge is -2.12. The average Bonchev–Trinajstić information content (AvgIpc) is 2.86. The molecule has 0 unspecified atom stereocenters. The summed E-state index contributed by atoms with van der Waals surface area (Å²) in [7, 11) is 0. The van der Waals surface area contributed by atoms with Gasteiger partial charge in [-0.1, -0.05) is 36.0 Å². The van der Waals surface area contributed by atoms with E-state index in [4.69, 9.17) is 28.9 Å². The normalized spacial score (nSPS) is 18.2. The second-order valence-corrected chi connectivity index (χ2v) is 4.86. The molecule has 0 bridgehead atoms. The number of halogens is 2. The summed E-state index contributed by atoms with van der Waals surface area (Å²) in [6, 6.07) is 5.62. The molecule has 1 aromatic carbocycles. The highest BCUT2D eigenvalue weighted by molar-refractivity contribution is 6.34. The van der Waals surface area contributed by atoms with Gasteiger partial charge in [0, 0.05) is 16.1 Å². The van der Waals surface area contributed by atoms with Crippen molar-refractivity contribution >= 4 is 23.2 Å². The molecule has 14 heavy (non-hydrogen) atoms. The standard InChI is InChI=1S/C11H13Cl2N/c12-9-4-8(5-10(13)6-9)11(14)3-7-1-2-7/h4-7,11H,1-3,14H2/t11-/m1/s1. The van der Waals surface area contributed by atoms with Crippen LogP contribution in [-0.2, 0) is 0 Å². The van der Waals surface area contributed by atoms with Gasteiger partial charge < -0.3 is 5.73 Å². The lowest BCUT2D eigenvalue weighted by Crippen LogP contribution is -2.10. The van der Waals surface area contributed by atoms with Crippen molar-refractivity contribution < 1.29 is 0 Å². The van der Waals surface area contributed by atoms with Crippen molar-refractivity contribution in [3.63, 3.8) is 0 Å². The molecule has 1 nitrogen and oxygen atoms in total. The fourth-order valence-electron chi connectivity index (χ4n) is 1.64. The van der Waals surface area contributed by atoms with Crippen molar-refractivity contribution in [1.82, 2.24) is 0 Å². The van der Waals surface area contributed by atoms with Crippen molar-refractivity contribution in [3.8, 4) is 0 Å². The van der Waals surface area contributed by atoms with Crippen LogP contribution in [0.3, 0.4) is 0 Å². The van der Waals surface area contributed by atoms with Gasteiger partial charge in [-0.2, -0.15) is 0 Å². The van der Waals surface area contributed by atoms with Crippen LogP contribution in [0.1, 0.15) is 30.9 Å². The smallest absolute Gasteiger partial charge is 0.0424 e. The maximum absolute atomic E-state index is 6.06. The molecular weight excluding hydrogens is 217 g/mol. The Kier molecular flexibility index (Phi) is 3.01. The Balaban J connectivity index is 2.12. The summed E-state index contributed by atoms with van der Waals surface area (Å²) in [5.41, 5.74) is 7.11. The Morgan fingerprint density at radius 3 is 2.29 bits per heavy atom. The Labute approximate surface area is 94.2 Å². The summed E-state index contributed by atoms with van der Waals surface area (Å²) in [4.78, 5) is 0. The van der Waals surface area contributed by atoms with Crippen LogP contribution in [0.2, 0.25) is 10.0 Å². The molecule has 1 aliphatic carbocycles. The van der Waals surface area contributed by atoms with Gasteiger partial charge in [0.2, 0.25) is 0 Å². The van der Waals surface area contributed by atoms with Gasteiger partial charge >= 0.3 is 0 Å². The van der Waals surface area contributed by atoms with Crippen molar-refractivity contribution in [1.29, 1.82) is 0 Å². The first-order chi connectivity index (χ1) is 6.65. The summed E-state index contributed by atoms with van der Waals surface area (Å²) in [6.45, 7) is 0. The largest absolute Gasteiger partial charge is 0.324 e. The van der Waals surface area contributed by atoms with Crippen LogP contribution in [0.4, 0.5) is 0 Å². The van der Waals surface area contributed by atoms with Crippen LogP contribution in [0, 0.1) is 5.92 Å². The molecule has 1 saturated carbocycles. The minimum Gasteiger partial charge on any atom is -0.324 e. The molecule has 0 spiro atoms. The third-order valence-corrected chi connectivity index (χ3v) is 3.03. The van der Waals surface area contributed by atoms with E-state index in [0.717, 1.165) is 17.9 Å². The Bertz CT molecular complexity index is 314. The zero-order valence-corrected chi connectivity index (χ0v) is 9.35. The van der Waals surface area contributed by atoms with Gasteiger partial charge in [-0.3, -0.25) is 0 Å². The average molecular weight is 230 g/mol. The van der Waals surface area contributed by atoms with E-state index >= 15 is 0 Å². The van der Waals surface area contributed by atoms with E-state index in [1.165, 1.54) is 12.8 Å². The number of hydrogen-bond donors (Lipinski definition) is 1. The molecule has 0 amide bonds. The fourth-order valence-corrected chi connectivity index (χ4v) is 2.18. The van der Waals surface area contributed by atoms with Crippen LogP contribution in [0.15, 0.2) is 18.2 Å². The highest BCUT2D eigenvalue weighted by Crippen LogP contribution is 2.37. The maximum Gasteiger partial charge on any atom is 0.0424 e. The fraction of sp³-hybridized carbons (Fsp3) is 0.455. The van der Waals surface area contributed by atoms with E-state index in [2.05, 4.69) is 0 Å². The van der Waals surface area contributed by atoms with Gasteiger partial charge in [0.15, 0.2) is 0 Å². The third kappa shape index (κ3) is 2.63. The maximum atomic E-state index is 6.06. The van der Waals surface area contributed by atoms with E-state index in [1.807, 2.05) is 12.1 Å². The highest BCUT2D eigenvalue weighted by Gasteiger charge is 2.24. The van der Waals surface area contributed by atoms with Gasteiger partial charge in [-0.05, 0) is 36.1 Å². The predicted molar refractivity (Wildman–Crippen MR) is 60.7 cm³/mol. The molecule has 0 aromatic heterocycles. The van der Waals surface area contributed by atoms with Gasteiger partial charge in [0.1, 0.15) is 0 Å². The molecule has 0 saturated heterocycles. The summed E-state index contributed by atoms with van der Waals surface area (Å²) in [5, 5.41) is 1.33. The van der Waals surface area contributed by atoms with E-state index in [0.29, 0.717) is 10.0 Å². The van der Waals surface area contributed by atoms with Gasteiger partial charge in [0.25, 0.3) is 0 Å². The zero-order valence-electron chi connectivity index (χ0n) is 7.84. The first-order valence-corrected chi connectivity index (χ1v) is 5.62. The summed E-state index contributed by atoms with van der Waals surface area (Å²) < 4.78 is 0. The SMILES string of the molecule is N[C@H](CC1CC1)c1cc(Cl)cc(Cl)c1. The molecule has 76 valence electrons. The number of benzene rings is 1. The van der Waals surface area contributed by atoms with E-state index in [-0.39, 0.29) is 6.04 Å². The molecule has 2 N–H and O–H groups in total. The van der Waals surface area contributed by atoms with Gasteiger partial charge in [0.05, 0.1) is 0 Å². The monoisotopic (exact) mass is 229 g/mol. The van der Waals surface area contributed by atoms with Crippen molar-refractivity contribution in [2.75, 3.05) is 0 Å². The van der Waals surface area contributed by atoms with Crippen LogP contribution >= 0.6 is 23.2 Å². The molecule has 1 aromatic rings. The molecule has 2 rings (SSSR count). The first-order valence-electron chi connectivity index (χ1n) is 4.87. The zero-order chi connectivity index (χ0) is 10.1. The molecule has 0 aliphatic heterocycles. The Hall–Kier alpha value is -0.240. The van der Waals surface area contributed by atoms with Crippen LogP contribution in [-0.4, -0.2) is 0 Å². The number of hydrogen-bond acceptors (Lipinski definition) is 1. The number of nitrogens with two attached hydrogens (primary N) is 1. The van der Waals surface area contributed by atoms with E-state index in [1.54, 1.807) is 6.07 Å². The van der Waals surface area contributed by atoms with Crippen molar-refractivity contribution in [2.45, 2.75) is 25.3 Å². The molecule has 0 radical (unpaired) electrons. The van der Waals surface area contributed by atoms with Gasteiger partial charge in [-0.15, -0.1) is 0 Å². The third-order valence-electron chi connectivity index (χ3n) is 2.60. The summed E-state index contributed by atoms with van der Waals surface area (Å²) >= 11 is 11.8. The van der Waals surface area contributed by atoms with Crippen LogP contribution < -0.4 is 5.73 Å². The summed E-state index contributed by atoms with van der Waals surface area (Å²) in [5.74, 6) is 0.822. The molecule has 1 atom stereocenters.